The molecule has 0 bridgehead atoms. The molecule has 54 valence electrons. The van der Waals surface area contributed by atoms with E-state index in [9.17, 15) is 0 Å². The van der Waals surface area contributed by atoms with E-state index < -0.39 is 0 Å². The van der Waals surface area contributed by atoms with Crippen molar-refractivity contribution in [2.75, 3.05) is 26.8 Å². The Morgan fingerprint density at radius 1 is 1.67 bits per heavy atom. The minimum atomic E-state index is 0.733. The minimum absolute atomic E-state index is 0.733. The largest absolute Gasteiger partial charge is 0.384 e. The van der Waals surface area contributed by atoms with Crippen LogP contribution in [0.2, 0.25) is 0 Å². The van der Waals surface area contributed by atoms with Crippen LogP contribution >= 0.6 is 0 Å². The summed E-state index contributed by atoms with van der Waals surface area (Å²) in [6.07, 6.45) is 0. The molecule has 1 atom stereocenters. The van der Waals surface area contributed by atoms with Crippen molar-refractivity contribution in [3.8, 4) is 0 Å². The number of hydrogen-bond acceptors (Lipinski definition) is 2. The molecule has 1 heterocycles. The molecule has 2 nitrogen and oxygen atoms in total. The number of ether oxygens (including phenoxy) is 1. The molecule has 1 rings (SSSR count). The van der Waals surface area contributed by atoms with Gasteiger partial charge in [0.1, 0.15) is 0 Å². The zero-order valence-electron chi connectivity index (χ0n) is 6.18. The Morgan fingerprint density at radius 3 is 2.67 bits per heavy atom. The van der Waals surface area contributed by atoms with Crippen LogP contribution in [0.5, 0.6) is 0 Å². The van der Waals surface area contributed by atoms with Gasteiger partial charge in [-0.1, -0.05) is 6.92 Å². The topological polar surface area (TPSA) is 21.3 Å². The van der Waals surface area contributed by atoms with Crippen LogP contribution in [-0.4, -0.2) is 26.8 Å². The predicted molar refractivity (Wildman–Crippen MR) is 37.4 cm³/mol. The Kier molecular flexibility index (Phi) is 2.49. The first-order valence-corrected chi connectivity index (χ1v) is 3.54. The Balaban J connectivity index is 2.08. The smallest absolute Gasteiger partial charge is 0.0491 e. The van der Waals surface area contributed by atoms with Crippen molar-refractivity contribution in [2.24, 2.45) is 11.8 Å². The molecule has 0 radical (unpaired) electrons. The van der Waals surface area contributed by atoms with Crippen LogP contribution in [0.3, 0.4) is 0 Å². The van der Waals surface area contributed by atoms with Crippen molar-refractivity contribution in [1.82, 2.24) is 5.32 Å². The summed E-state index contributed by atoms with van der Waals surface area (Å²) < 4.78 is 5.03. The van der Waals surface area contributed by atoms with Crippen LogP contribution in [0.25, 0.3) is 0 Å². The van der Waals surface area contributed by atoms with E-state index in [2.05, 4.69) is 12.2 Å². The molecular weight excluding hydrogens is 114 g/mol. The first-order chi connectivity index (χ1) is 4.34. The first-order valence-electron chi connectivity index (χ1n) is 3.54. The van der Waals surface area contributed by atoms with E-state index in [0.717, 1.165) is 18.4 Å². The number of methoxy groups -OCH3 is 1. The fourth-order valence-corrected chi connectivity index (χ4v) is 1.11. The minimum Gasteiger partial charge on any atom is -0.384 e. The van der Waals surface area contributed by atoms with Gasteiger partial charge in [0.05, 0.1) is 0 Å². The lowest BCUT2D eigenvalue weighted by atomic mass is 9.90. The molecule has 1 aliphatic heterocycles. The van der Waals surface area contributed by atoms with Gasteiger partial charge >= 0.3 is 0 Å². The average molecular weight is 129 g/mol. The maximum Gasteiger partial charge on any atom is 0.0491 e. The van der Waals surface area contributed by atoms with Crippen LogP contribution in [0.1, 0.15) is 6.92 Å². The summed E-state index contributed by atoms with van der Waals surface area (Å²) >= 11 is 0. The van der Waals surface area contributed by atoms with Crippen molar-refractivity contribution >= 4 is 0 Å². The van der Waals surface area contributed by atoms with Crippen LogP contribution in [0, 0.1) is 11.8 Å². The van der Waals surface area contributed by atoms with E-state index in [4.69, 9.17) is 4.74 Å². The summed E-state index contributed by atoms with van der Waals surface area (Å²) in [7, 11) is 1.77. The van der Waals surface area contributed by atoms with Crippen molar-refractivity contribution in [3.05, 3.63) is 0 Å². The molecule has 0 saturated carbocycles. The van der Waals surface area contributed by atoms with Gasteiger partial charge in [0.15, 0.2) is 0 Å². The molecule has 1 aliphatic rings. The third-order valence-electron chi connectivity index (χ3n) is 2.05. The highest BCUT2D eigenvalue weighted by atomic mass is 16.5. The highest BCUT2D eigenvalue weighted by molar-refractivity contribution is 4.78. The van der Waals surface area contributed by atoms with Crippen LogP contribution < -0.4 is 5.32 Å². The number of hydrogen-bond donors (Lipinski definition) is 1. The van der Waals surface area contributed by atoms with Gasteiger partial charge in [0.2, 0.25) is 0 Å². The maximum absolute atomic E-state index is 5.03. The Hall–Kier alpha value is -0.0800. The summed E-state index contributed by atoms with van der Waals surface area (Å²) in [6, 6.07) is 0. The van der Waals surface area contributed by atoms with Gasteiger partial charge in [0, 0.05) is 13.7 Å². The number of rotatable bonds is 3. The Labute approximate surface area is 56.6 Å². The average Bonchev–Trinajstić information content (AvgIpc) is 1.60. The molecule has 0 spiro atoms. The van der Waals surface area contributed by atoms with Crippen molar-refractivity contribution in [1.29, 1.82) is 0 Å². The lowest BCUT2D eigenvalue weighted by molar-refractivity contribution is 0.109. The first kappa shape index (κ1) is 7.03. The van der Waals surface area contributed by atoms with Gasteiger partial charge in [-0.05, 0) is 24.9 Å². The molecule has 1 unspecified atom stereocenters. The second kappa shape index (κ2) is 3.18. The molecule has 9 heavy (non-hydrogen) atoms. The van der Waals surface area contributed by atoms with Crippen LogP contribution in [0.4, 0.5) is 0 Å². The van der Waals surface area contributed by atoms with Gasteiger partial charge in [-0.3, -0.25) is 0 Å². The highest BCUT2D eigenvalue weighted by Gasteiger charge is 2.22. The molecule has 1 saturated heterocycles. The molecule has 0 aliphatic carbocycles. The summed E-state index contributed by atoms with van der Waals surface area (Å²) in [5.74, 6) is 1.60. The molecule has 1 fully saturated rings. The summed E-state index contributed by atoms with van der Waals surface area (Å²) in [5.41, 5.74) is 0. The fourth-order valence-electron chi connectivity index (χ4n) is 1.11. The van der Waals surface area contributed by atoms with Gasteiger partial charge in [-0.15, -0.1) is 0 Å². The van der Waals surface area contributed by atoms with Gasteiger partial charge in [0.25, 0.3) is 0 Å². The van der Waals surface area contributed by atoms with Gasteiger partial charge in [-0.25, -0.2) is 0 Å². The second-order valence-corrected chi connectivity index (χ2v) is 2.85. The van der Waals surface area contributed by atoms with E-state index in [1.165, 1.54) is 13.1 Å². The summed E-state index contributed by atoms with van der Waals surface area (Å²) in [6.45, 7) is 5.52. The van der Waals surface area contributed by atoms with Crippen molar-refractivity contribution < 1.29 is 4.74 Å². The van der Waals surface area contributed by atoms with E-state index in [1.54, 1.807) is 7.11 Å². The van der Waals surface area contributed by atoms with Crippen LogP contribution in [0.15, 0.2) is 0 Å². The van der Waals surface area contributed by atoms with Gasteiger partial charge < -0.3 is 10.1 Å². The van der Waals surface area contributed by atoms with Crippen molar-refractivity contribution in [3.63, 3.8) is 0 Å². The quantitative estimate of drug-likeness (QED) is 0.598. The fraction of sp³-hybridized carbons (Fsp3) is 1.00. The predicted octanol–water partition coefficient (Wildman–Crippen LogP) is 0.488. The highest BCUT2D eigenvalue weighted by Crippen LogP contribution is 2.15. The van der Waals surface area contributed by atoms with E-state index in [-0.39, 0.29) is 0 Å². The zero-order valence-corrected chi connectivity index (χ0v) is 6.18. The molecule has 0 amide bonds. The third-order valence-corrected chi connectivity index (χ3v) is 2.05. The van der Waals surface area contributed by atoms with Gasteiger partial charge in [-0.2, -0.15) is 0 Å². The normalized spacial score (nSPS) is 23.3. The van der Waals surface area contributed by atoms with E-state index in [0.29, 0.717) is 0 Å². The third kappa shape index (κ3) is 1.66. The zero-order chi connectivity index (χ0) is 6.69. The maximum atomic E-state index is 5.03. The Morgan fingerprint density at radius 2 is 2.33 bits per heavy atom. The lowest BCUT2D eigenvalue weighted by Gasteiger charge is -2.32. The second-order valence-electron chi connectivity index (χ2n) is 2.85. The lowest BCUT2D eigenvalue weighted by Crippen LogP contribution is -2.46. The van der Waals surface area contributed by atoms with Crippen molar-refractivity contribution in [2.45, 2.75) is 6.92 Å². The van der Waals surface area contributed by atoms with Crippen LogP contribution in [-0.2, 0) is 4.74 Å². The summed E-state index contributed by atoms with van der Waals surface area (Å²) in [4.78, 5) is 0. The SMILES string of the molecule is COCC(C)C1CNC1. The molecule has 0 aromatic rings. The molecule has 0 aromatic carbocycles. The molecular formula is C7H15NO. The van der Waals surface area contributed by atoms with E-state index in [1.807, 2.05) is 0 Å². The summed E-state index contributed by atoms with van der Waals surface area (Å²) in [5, 5.41) is 3.24. The van der Waals surface area contributed by atoms with E-state index >= 15 is 0 Å². The molecule has 2 heteroatoms. The standard InChI is InChI=1S/C7H15NO/c1-6(5-9-2)7-3-8-4-7/h6-8H,3-5H2,1-2H3. The Bertz CT molecular complexity index is 81.0. The molecule has 0 aromatic heterocycles. The molecule has 1 N–H and O–H groups in total. The number of nitrogens with one attached hydrogen (secondary N) is 1. The monoisotopic (exact) mass is 129 g/mol.